The second kappa shape index (κ2) is 12.0. The Morgan fingerprint density at radius 1 is 0.857 bits per heavy atom. The lowest BCUT2D eigenvalue weighted by Gasteiger charge is -2.20. The number of carboxylic acids is 1. The Morgan fingerprint density at radius 3 is 2.10 bits per heavy atom. The van der Waals surface area contributed by atoms with Gasteiger partial charge in [0.2, 0.25) is 0 Å². The summed E-state index contributed by atoms with van der Waals surface area (Å²) in [4.78, 5) is 15.3. The normalized spacial score (nSPS) is 17.8. The minimum absolute atomic E-state index is 0.200. The highest BCUT2D eigenvalue weighted by Crippen LogP contribution is 2.10. The molecule has 1 saturated heterocycles. The second-order valence-electron chi connectivity index (χ2n) is 6.34. The lowest BCUT2D eigenvalue weighted by atomic mass is 10.1. The van der Waals surface area contributed by atoms with Crippen LogP contribution in [-0.4, -0.2) is 60.1 Å². The molecule has 0 radical (unpaired) electrons. The smallest absolute Gasteiger partial charge is 0.317 e. The van der Waals surface area contributed by atoms with Gasteiger partial charge >= 0.3 is 5.97 Å². The number of nitrogens with zero attached hydrogens (tertiary/aromatic N) is 2. The molecule has 4 nitrogen and oxygen atoms in total. The maximum absolute atomic E-state index is 10.7. The van der Waals surface area contributed by atoms with Crippen LogP contribution in [0.25, 0.3) is 0 Å². The third-order valence-electron chi connectivity index (χ3n) is 4.37. The van der Waals surface area contributed by atoms with E-state index in [0.717, 1.165) is 32.6 Å². The molecule has 0 saturated carbocycles. The van der Waals surface area contributed by atoms with E-state index in [1.807, 2.05) is 0 Å². The van der Waals surface area contributed by atoms with E-state index in [1.54, 1.807) is 0 Å². The summed E-state index contributed by atoms with van der Waals surface area (Å²) in [5.41, 5.74) is 0. The standard InChI is InChI=1S/C17H34N2O2/c1-2-3-4-5-6-7-8-9-11-18-12-10-13-19(15-14-18)16-17(20)21/h2-16H2,1H3,(H,20,21). The first-order chi connectivity index (χ1) is 10.2. The van der Waals surface area contributed by atoms with Gasteiger partial charge in [0, 0.05) is 19.6 Å². The largest absolute Gasteiger partial charge is 0.480 e. The van der Waals surface area contributed by atoms with Crippen LogP contribution >= 0.6 is 0 Å². The Hall–Kier alpha value is -0.610. The summed E-state index contributed by atoms with van der Waals surface area (Å²) in [6.45, 7) is 7.65. The van der Waals surface area contributed by atoms with Crippen LogP contribution < -0.4 is 0 Å². The molecule has 0 aromatic rings. The topological polar surface area (TPSA) is 43.8 Å². The van der Waals surface area contributed by atoms with Crippen molar-refractivity contribution in [1.29, 1.82) is 0 Å². The molecule has 1 rings (SSSR count). The molecule has 0 aliphatic carbocycles. The number of hydrogen-bond acceptors (Lipinski definition) is 3. The van der Waals surface area contributed by atoms with Gasteiger partial charge in [-0.05, 0) is 25.9 Å². The molecule has 1 aliphatic rings. The zero-order valence-electron chi connectivity index (χ0n) is 13.9. The van der Waals surface area contributed by atoms with Gasteiger partial charge in [0.05, 0.1) is 6.54 Å². The predicted octanol–water partition coefficient (Wildman–Crippen LogP) is 3.22. The van der Waals surface area contributed by atoms with E-state index in [-0.39, 0.29) is 6.54 Å². The number of rotatable bonds is 11. The van der Waals surface area contributed by atoms with Crippen molar-refractivity contribution in [2.75, 3.05) is 39.3 Å². The van der Waals surface area contributed by atoms with Crippen LogP contribution in [-0.2, 0) is 4.79 Å². The van der Waals surface area contributed by atoms with Crippen LogP contribution in [0.1, 0.15) is 64.7 Å². The van der Waals surface area contributed by atoms with E-state index in [4.69, 9.17) is 5.11 Å². The van der Waals surface area contributed by atoms with Crippen molar-refractivity contribution in [3.05, 3.63) is 0 Å². The third kappa shape index (κ3) is 9.86. The van der Waals surface area contributed by atoms with Crippen LogP contribution in [0.3, 0.4) is 0 Å². The van der Waals surface area contributed by atoms with Gasteiger partial charge in [0.1, 0.15) is 0 Å². The van der Waals surface area contributed by atoms with Gasteiger partial charge in [-0.1, -0.05) is 51.9 Å². The van der Waals surface area contributed by atoms with Crippen molar-refractivity contribution in [2.24, 2.45) is 0 Å². The molecule has 1 N–H and O–H groups in total. The van der Waals surface area contributed by atoms with E-state index in [2.05, 4.69) is 16.7 Å². The van der Waals surface area contributed by atoms with Crippen LogP contribution in [0.2, 0.25) is 0 Å². The number of unbranched alkanes of at least 4 members (excludes halogenated alkanes) is 7. The van der Waals surface area contributed by atoms with Crippen molar-refractivity contribution in [3.63, 3.8) is 0 Å². The first-order valence-corrected chi connectivity index (χ1v) is 8.89. The van der Waals surface area contributed by atoms with Gasteiger partial charge in [-0.2, -0.15) is 0 Å². The van der Waals surface area contributed by atoms with Crippen molar-refractivity contribution >= 4 is 5.97 Å². The molecule has 0 unspecified atom stereocenters. The average Bonchev–Trinajstić information content (AvgIpc) is 2.67. The molecule has 0 aromatic carbocycles. The summed E-state index contributed by atoms with van der Waals surface area (Å²) < 4.78 is 0. The van der Waals surface area contributed by atoms with Crippen LogP contribution in [0.5, 0.6) is 0 Å². The second-order valence-corrected chi connectivity index (χ2v) is 6.34. The fraction of sp³-hybridized carbons (Fsp3) is 0.941. The molecule has 4 heteroatoms. The minimum atomic E-state index is -0.702. The van der Waals surface area contributed by atoms with Crippen molar-refractivity contribution < 1.29 is 9.90 Å². The zero-order chi connectivity index (χ0) is 15.3. The highest BCUT2D eigenvalue weighted by atomic mass is 16.4. The Morgan fingerprint density at radius 2 is 1.43 bits per heavy atom. The molecule has 0 aromatic heterocycles. The molecular weight excluding hydrogens is 264 g/mol. The summed E-state index contributed by atoms with van der Waals surface area (Å²) in [7, 11) is 0. The van der Waals surface area contributed by atoms with E-state index in [1.165, 1.54) is 57.9 Å². The van der Waals surface area contributed by atoms with Gasteiger partial charge in [0.15, 0.2) is 0 Å². The quantitative estimate of drug-likeness (QED) is 0.595. The van der Waals surface area contributed by atoms with Gasteiger partial charge < -0.3 is 10.0 Å². The number of hydrogen-bond donors (Lipinski definition) is 1. The Labute approximate surface area is 130 Å². The summed E-state index contributed by atoms with van der Waals surface area (Å²) in [5.74, 6) is -0.702. The molecule has 1 heterocycles. The first kappa shape index (κ1) is 18.4. The Balaban J connectivity index is 1.99. The maximum atomic E-state index is 10.7. The third-order valence-corrected chi connectivity index (χ3v) is 4.37. The highest BCUT2D eigenvalue weighted by molar-refractivity contribution is 5.69. The van der Waals surface area contributed by atoms with Gasteiger partial charge in [-0.3, -0.25) is 9.69 Å². The molecule has 0 atom stereocenters. The number of aliphatic carboxylic acids is 1. The maximum Gasteiger partial charge on any atom is 0.317 e. The van der Waals surface area contributed by atoms with Crippen LogP contribution in [0.15, 0.2) is 0 Å². The van der Waals surface area contributed by atoms with Gasteiger partial charge in [-0.15, -0.1) is 0 Å². The predicted molar refractivity (Wildman–Crippen MR) is 87.7 cm³/mol. The molecule has 0 spiro atoms. The monoisotopic (exact) mass is 298 g/mol. The summed E-state index contributed by atoms with van der Waals surface area (Å²) >= 11 is 0. The van der Waals surface area contributed by atoms with Crippen molar-refractivity contribution in [1.82, 2.24) is 9.80 Å². The van der Waals surface area contributed by atoms with Crippen molar-refractivity contribution in [3.8, 4) is 0 Å². The minimum Gasteiger partial charge on any atom is -0.480 e. The Bertz CT molecular complexity index is 272. The van der Waals surface area contributed by atoms with Crippen molar-refractivity contribution in [2.45, 2.75) is 64.7 Å². The summed E-state index contributed by atoms with van der Waals surface area (Å²) in [6, 6.07) is 0. The Kier molecular flexibility index (Phi) is 10.5. The van der Waals surface area contributed by atoms with Gasteiger partial charge in [0.25, 0.3) is 0 Å². The molecule has 124 valence electrons. The summed E-state index contributed by atoms with van der Waals surface area (Å²) in [6.07, 6.45) is 12.0. The lowest BCUT2D eigenvalue weighted by Crippen LogP contribution is -2.34. The first-order valence-electron chi connectivity index (χ1n) is 8.89. The fourth-order valence-corrected chi connectivity index (χ4v) is 3.07. The molecule has 1 fully saturated rings. The fourth-order valence-electron chi connectivity index (χ4n) is 3.07. The molecule has 21 heavy (non-hydrogen) atoms. The molecule has 0 bridgehead atoms. The SMILES string of the molecule is CCCCCCCCCCN1CCCN(CC(=O)O)CC1. The van der Waals surface area contributed by atoms with E-state index in [0.29, 0.717) is 0 Å². The van der Waals surface area contributed by atoms with Crippen LogP contribution in [0.4, 0.5) is 0 Å². The van der Waals surface area contributed by atoms with E-state index < -0.39 is 5.97 Å². The average molecular weight is 298 g/mol. The van der Waals surface area contributed by atoms with Gasteiger partial charge in [-0.25, -0.2) is 0 Å². The summed E-state index contributed by atoms with van der Waals surface area (Å²) in [5, 5.41) is 8.85. The zero-order valence-corrected chi connectivity index (χ0v) is 13.9. The highest BCUT2D eigenvalue weighted by Gasteiger charge is 2.16. The van der Waals surface area contributed by atoms with Crippen LogP contribution in [0, 0.1) is 0 Å². The molecular formula is C17H34N2O2. The molecule has 1 aliphatic heterocycles. The number of carbonyl (C=O) groups is 1. The lowest BCUT2D eigenvalue weighted by molar-refractivity contribution is -0.138. The van der Waals surface area contributed by atoms with E-state index >= 15 is 0 Å². The molecule has 0 amide bonds. The number of carboxylic acid groups (broad SMARTS) is 1. The van der Waals surface area contributed by atoms with E-state index in [9.17, 15) is 4.79 Å².